The molecule has 0 radical (unpaired) electrons. The predicted octanol–water partition coefficient (Wildman–Crippen LogP) is 3.28. The van der Waals surface area contributed by atoms with Crippen LogP contribution in [0.25, 0.3) is 0 Å². The lowest BCUT2D eigenvalue weighted by atomic mass is 10.00. The molecule has 2 rings (SSSR count). The number of β-amino-alcohol motifs (C(OH)–C–C–N with tert-alkyl or cyclic N) is 1. The summed E-state index contributed by atoms with van der Waals surface area (Å²) in [4.78, 5) is 2.36. The molecule has 0 amide bonds. The van der Waals surface area contributed by atoms with Crippen molar-refractivity contribution >= 4 is 0 Å². The maximum absolute atomic E-state index is 10.2. The van der Waals surface area contributed by atoms with Gasteiger partial charge in [0.25, 0.3) is 0 Å². The largest absolute Gasteiger partial charge is 0.491 e. The average molecular weight is 291 g/mol. The molecule has 1 heterocycles. The van der Waals surface area contributed by atoms with Crippen molar-refractivity contribution < 1.29 is 9.84 Å². The fourth-order valence-electron chi connectivity index (χ4n) is 3.08. The van der Waals surface area contributed by atoms with Crippen molar-refractivity contribution in [2.75, 3.05) is 26.2 Å². The van der Waals surface area contributed by atoms with E-state index < -0.39 is 6.10 Å². The molecule has 1 aromatic carbocycles. The van der Waals surface area contributed by atoms with Gasteiger partial charge in [-0.05, 0) is 42.9 Å². The molecule has 0 aliphatic carbocycles. The second-order valence-corrected chi connectivity index (χ2v) is 6.66. The quantitative estimate of drug-likeness (QED) is 0.873. The van der Waals surface area contributed by atoms with Crippen LogP contribution in [0, 0.1) is 5.92 Å². The van der Waals surface area contributed by atoms with Crippen LogP contribution in [0.4, 0.5) is 0 Å². The summed E-state index contributed by atoms with van der Waals surface area (Å²) in [5, 5.41) is 10.2. The van der Waals surface area contributed by atoms with Gasteiger partial charge in [0.15, 0.2) is 0 Å². The molecule has 2 atom stereocenters. The molecule has 1 aliphatic heterocycles. The van der Waals surface area contributed by atoms with E-state index in [0.717, 1.165) is 24.8 Å². The Morgan fingerprint density at radius 2 is 2.10 bits per heavy atom. The molecule has 1 aromatic rings. The van der Waals surface area contributed by atoms with Crippen LogP contribution in [0.3, 0.4) is 0 Å². The highest BCUT2D eigenvalue weighted by molar-refractivity contribution is 5.35. The number of hydrogen-bond donors (Lipinski definition) is 1. The molecular formula is C18H29NO2. The molecule has 1 saturated heterocycles. The lowest BCUT2D eigenvalue weighted by molar-refractivity contribution is 0.0534. The minimum absolute atomic E-state index is 0.370. The lowest BCUT2D eigenvalue weighted by Crippen LogP contribution is -2.41. The van der Waals surface area contributed by atoms with Gasteiger partial charge < -0.3 is 14.7 Å². The third kappa shape index (κ3) is 5.01. The summed E-state index contributed by atoms with van der Waals surface area (Å²) in [6, 6.07) is 8.11. The zero-order valence-corrected chi connectivity index (χ0v) is 13.6. The fourth-order valence-corrected chi connectivity index (χ4v) is 3.08. The van der Waals surface area contributed by atoms with Crippen molar-refractivity contribution in [3.63, 3.8) is 0 Å². The summed E-state index contributed by atoms with van der Waals surface area (Å²) in [5.74, 6) is 2.08. The second-order valence-electron chi connectivity index (χ2n) is 6.66. The van der Waals surface area contributed by atoms with Gasteiger partial charge in [0, 0.05) is 13.1 Å². The van der Waals surface area contributed by atoms with Crippen LogP contribution < -0.4 is 4.74 Å². The standard InChI is InChI=1S/C18H29NO2/c1-14(2)17-8-4-5-9-18(17)21-13-16(20)12-19-10-6-7-15(3)11-19/h4-5,8-9,14-16,20H,6-7,10-13H2,1-3H3/t15-,16+/m0/s1. The molecule has 0 unspecified atom stereocenters. The number of benzene rings is 1. The summed E-state index contributed by atoms with van der Waals surface area (Å²) in [6.45, 7) is 9.89. The summed E-state index contributed by atoms with van der Waals surface area (Å²) in [7, 11) is 0. The molecule has 3 heteroatoms. The van der Waals surface area contributed by atoms with Crippen LogP contribution in [0.5, 0.6) is 5.75 Å². The highest BCUT2D eigenvalue weighted by Gasteiger charge is 2.19. The van der Waals surface area contributed by atoms with E-state index in [1.807, 2.05) is 18.2 Å². The van der Waals surface area contributed by atoms with Gasteiger partial charge in [0.1, 0.15) is 18.5 Å². The van der Waals surface area contributed by atoms with Crippen molar-refractivity contribution in [1.29, 1.82) is 0 Å². The van der Waals surface area contributed by atoms with Gasteiger partial charge in [0.05, 0.1) is 0 Å². The first-order chi connectivity index (χ1) is 10.1. The Morgan fingerprint density at radius 1 is 1.33 bits per heavy atom. The number of hydrogen-bond acceptors (Lipinski definition) is 3. The number of aliphatic hydroxyl groups is 1. The number of para-hydroxylation sites is 1. The van der Waals surface area contributed by atoms with E-state index >= 15 is 0 Å². The first-order valence-corrected chi connectivity index (χ1v) is 8.18. The smallest absolute Gasteiger partial charge is 0.122 e. The molecule has 1 aliphatic rings. The van der Waals surface area contributed by atoms with Gasteiger partial charge in [-0.2, -0.15) is 0 Å². The molecule has 1 fully saturated rings. The van der Waals surface area contributed by atoms with Gasteiger partial charge in [-0.25, -0.2) is 0 Å². The number of rotatable bonds is 6. The maximum Gasteiger partial charge on any atom is 0.122 e. The van der Waals surface area contributed by atoms with Crippen molar-refractivity contribution in [2.45, 2.75) is 45.6 Å². The monoisotopic (exact) mass is 291 g/mol. The molecule has 21 heavy (non-hydrogen) atoms. The lowest BCUT2D eigenvalue weighted by Gasteiger charge is -2.32. The zero-order valence-electron chi connectivity index (χ0n) is 13.6. The Labute approximate surface area is 128 Å². The van der Waals surface area contributed by atoms with Gasteiger partial charge in [-0.3, -0.25) is 0 Å². The van der Waals surface area contributed by atoms with Gasteiger partial charge in [-0.15, -0.1) is 0 Å². The van der Waals surface area contributed by atoms with Crippen LogP contribution in [-0.4, -0.2) is 42.4 Å². The second kappa shape index (κ2) is 7.81. The van der Waals surface area contributed by atoms with E-state index in [-0.39, 0.29) is 0 Å². The molecule has 0 spiro atoms. The highest BCUT2D eigenvalue weighted by atomic mass is 16.5. The van der Waals surface area contributed by atoms with Crippen LogP contribution in [0.15, 0.2) is 24.3 Å². The summed E-state index contributed by atoms with van der Waals surface area (Å²) < 4.78 is 5.85. The topological polar surface area (TPSA) is 32.7 Å². The van der Waals surface area contributed by atoms with Crippen molar-refractivity contribution in [2.24, 2.45) is 5.92 Å². The maximum atomic E-state index is 10.2. The average Bonchev–Trinajstić information content (AvgIpc) is 2.45. The fraction of sp³-hybridized carbons (Fsp3) is 0.667. The van der Waals surface area contributed by atoms with E-state index in [0.29, 0.717) is 19.1 Å². The van der Waals surface area contributed by atoms with Crippen molar-refractivity contribution in [1.82, 2.24) is 4.90 Å². The summed E-state index contributed by atoms with van der Waals surface area (Å²) in [5.41, 5.74) is 1.20. The SMILES string of the molecule is CC(C)c1ccccc1OC[C@H](O)CN1CCC[C@H](C)C1. The molecular weight excluding hydrogens is 262 g/mol. The third-order valence-corrected chi connectivity index (χ3v) is 4.18. The van der Waals surface area contributed by atoms with Crippen LogP contribution in [-0.2, 0) is 0 Å². The Balaban J connectivity index is 1.82. The molecule has 0 aromatic heterocycles. The molecule has 0 bridgehead atoms. The van der Waals surface area contributed by atoms with Crippen LogP contribution >= 0.6 is 0 Å². The predicted molar refractivity (Wildman–Crippen MR) is 86.9 cm³/mol. The number of ether oxygens (including phenoxy) is 1. The minimum Gasteiger partial charge on any atom is -0.491 e. The van der Waals surface area contributed by atoms with E-state index in [1.165, 1.54) is 18.4 Å². The van der Waals surface area contributed by atoms with Gasteiger partial charge in [0.2, 0.25) is 0 Å². The molecule has 3 nitrogen and oxygen atoms in total. The van der Waals surface area contributed by atoms with Crippen molar-refractivity contribution in [3.8, 4) is 5.75 Å². The van der Waals surface area contributed by atoms with Gasteiger partial charge in [-0.1, -0.05) is 39.0 Å². The Bertz CT molecular complexity index is 433. The first-order valence-electron chi connectivity index (χ1n) is 8.18. The third-order valence-electron chi connectivity index (χ3n) is 4.18. The van der Waals surface area contributed by atoms with E-state index in [4.69, 9.17) is 4.74 Å². The minimum atomic E-state index is -0.421. The number of piperidine rings is 1. The number of aliphatic hydroxyl groups excluding tert-OH is 1. The van der Waals surface area contributed by atoms with Crippen LogP contribution in [0.2, 0.25) is 0 Å². The van der Waals surface area contributed by atoms with E-state index in [1.54, 1.807) is 0 Å². The first kappa shape index (κ1) is 16.3. The van der Waals surface area contributed by atoms with Crippen LogP contribution in [0.1, 0.15) is 45.1 Å². The number of likely N-dealkylation sites (tertiary alicyclic amines) is 1. The summed E-state index contributed by atoms with van der Waals surface area (Å²) in [6.07, 6.45) is 2.13. The molecule has 1 N–H and O–H groups in total. The Morgan fingerprint density at radius 3 is 2.81 bits per heavy atom. The van der Waals surface area contributed by atoms with Gasteiger partial charge >= 0.3 is 0 Å². The highest BCUT2D eigenvalue weighted by Crippen LogP contribution is 2.26. The number of nitrogens with zero attached hydrogens (tertiary/aromatic N) is 1. The summed E-state index contributed by atoms with van der Waals surface area (Å²) >= 11 is 0. The van der Waals surface area contributed by atoms with E-state index in [2.05, 4.69) is 31.7 Å². The Kier molecular flexibility index (Phi) is 6.07. The van der Waals surface area contributed by atoms with E-state index in [9.17, 15) is 5.11 Å². The molecule has 118 valence electrons. The zero-order chi connectivity index (χ0) is 15.2. The Hall–Kier alpha value is -1.06. The normalized spacial score (nSPS) is 21.5. The molecule has 0 saturated carbocycles. The van der Waals surface area contributed by atoms with Crippen molar-refractivity contribution in [3.05, 3.63) is 29.8 Å².